The minimum absolute atomic E-state index is 0.0773. The van der Waals surface area contributed by atoms with E-state index in [0.29, 0.717) is 44.3 Å². The number of urea groups is 1. The molecule has 8 amide bonds. The summed E-state index contributed by atoms with van der Waals surface area (Å²) in [6.07, 6.45) is 5.10. The van der Waals surface area contributed by atoms with Crippen molar-refractivity contribution in [1.29, 1.82) is 0 Å². The van der Waals surface area contributed by atoms with E-state index in [9.17, 15) is 38.4 Å². The quantitative estimate of drug-likeness (QED) is 0.0579. The number of unbranched alkanes of at least 4 members (excludes halogenated alkanes) is 2. The van der Waals surface area contributed by atoms with Crippen molar-refractivity contribution in [2.45, 2.75) is 98.3 Å². The molecule has 0 bridgehead atoms. The predicted octanol–water partition coefficient (Wildman–Crippen LogP) is 1.78. The summed E-state index contributed by atoms with van der Waals surface area (Å²) in [5.74, 6) is -3.56. The molecule has 1 aromatic carbocycles. The van der Waals surface area contributed by atoms with Gasteiger partial charge in [0, 0.05) is 37.3 Å². The Morgan fingerprint density at radius 3 is 2.06 bits per heavy atom. The first kappa shape index (κ1) is 42.9. The Labute approximate surface area is 304 Å². The van der Waals surface area contributed by atoms with Crippen molar-refractivity contribution in [2.75, 3.05) is 25.0 Å². The molecule has 0 aromatic heterocycles. The minimum Gasteiger partial charge on any atom is -0.460 e. The number of primary amides is 1. The fraction of sp³-hybridized carbons (Fsp3) is 0.556. The Bertz CT molecular complexity index is 1460. The van der Waals surface area contributed by atoms with E-state index in [0.717, 1.165) is 22.6 Å². The van der Waals surface area contributed by atoms with E-state index in [1.807, 2.05) is 20.8 Å². The predicted molar refractivity (Wildman–Crippen MR) is 192 cm³/mol. The number of esters is 1. The second-order valence-electron chi connectivity index (χ2n) is 13.5. The highest BCUT2D eigenvalue weighted by atomic mass is 16.5. The zero-order valence-electron chi connectivity index (χ0n) is 30.7. The van der Waals surface area contributed by atoms with E-state index >= 15 is 0 Å². The van der Waals surface area contributed by atoms with Crippen LogP contribution in [-0.2, 0) is 44.9 Å². The summed E-state index contributed by atoms with van der Waals surface area (Å²) in [6, 6.07) is 4.08. The Morgan fingerprint density at radius 2 is 1.46 bits per heavy atom. The molecule has 1 heterocycles. The van der Waals surface area contributed by atoms with Crippen LogP contribution in [0.2, 0.25) is 0 Å². The number of benzene rings is 1. The average molecular weight is 728 g/mol. The van der Waals surface area contributed by atoms with E-state index < -0.39 is 53.1 Å². The number of hydrogen-bond acceptors (Lipinski definition) is 9. The maximum Gasteiger partial charge on any atom is 0.312 e. The summed E-state index contributed by atoms with van der Waals surface area (Å²) < 4.78 is 5.42. The van der Waals surface area contributed by atoms with E-state index in [1.54, 1.807) is 38.1 Å². The summed E-state index contributed by atoms with van der Waals surface area (Å²) in [6.45, 7) is 9.27. The SMILES string of the molecule is CCC(C)(C)C(=O)OCc1ccc(NC(=O)[C@H](CCCNC(N)=O)NC(=O)C(NC(=O)CCCCCNC(=O)CN2C(=O)C=CC2=O)C(C)C)cc1. The number of rotatable bonds is 22. The molecule has 7 N–H and O–H groups in total. The van der Waals surface area contributed by atoms with E-state index in [-0.39, 0.29) is 50.3 Å². The standard InChI is InChI=1S/C36H53N7O9/c1-6-36(4,5)34(50)52-22-24-13-15-25(16-14-24)40-32(48)26(11-10-20-39-35(37)51)41-33(49)31(23(2)3)42-27(44)12-8-7-9-19-38-28(45)21-43-29(46)17-18-30(43)47/h13-18,23,26,31H,6-12,19-22H2,1-5H3,(H,38,45)(H,40,48)(H,41,49)(H,42,44)(H3,37,39,51)/t26-,31?/m0/s1. The lowest BCUT2D eigenvalue weighted by Crippen LogP contribution is -2.54. The number of nitrogens with two attached hydrogens (primary N) is 1. The van der Waals surface area contributed by atoms with Crippen LogP contribution in [0.3, 0.4) is 0 Å². The lowest BCUT2D eigenvalue weighted by atomic mass is 9.91. The van der Waals surface area contributed by atoms with Gasteiger partial charge in [0.2, 0.25) is 23.6 Å². The molecule has 1 aliphatic rings. The molecule has 16 heteroatoms. The normalized spacial score (nSPS) is 13.7. The van der Waals surface area contributed by atoms with Gasteiger partial charge < -0.3 is 37.1 Å². The summed E-state index contributed by atoms with van der Waals surface area (Å²) in [5.41, 5.74) is 5.73. The van der Waals surface area contributed by atoms with Crippen LogP contribution in [0.25, 0.3) is 0 Å². The van der Waals surface area contributed by atoms with Crippen LogP contribution in [0.5, 0.6) is 0 Å². The second kappa shape index (κ2) is 21.2. The van der Waals surface area contributed by atoms with Crippen molar-refractivity contribution in [3.63, 3.8) is 0 Å². The van der Waals surface area contributed by atoms with E-state index in [1.165, 1.54) is 0 Å². The third-order valence-corrected chi connectivity index (χ3v) is 8.50. The van der Waals surface area contributed by atoms with Crippen LogP contribution >= 0.6 is 0 Å². The zero-order chi connectivity index (χ0) is 38.8. The molecular weight excluding hydrogens is 674 g/mol. The number of anilines is 1. The molecule has 1 unspecified atom stereocenters. The van der Waals surface area contributed by atoms with Gasteiger partial charge in [-0.3, -0.25) is 38.5 Å². The number of carbonyl (C=O) groups is 8. The van der Waals surface area contributed by atoms with Gasteiger partial charge in [0.25, 0.3) is 11.8 Å². The van der Waals surface area contributed by atoms with Gasteiger partial charge in [-0.2, -0.15) is 0 Å². The fourth-order valence-electron chi connectivity index (χ4n) is 4.83. The van der Waals surface area contributed by atoms with Crippen LogP contribution < -0.4 is 32.3 Å². The number of carbonyl (C=O) groups excluding carboxylic acids is 8. The molecule has 0 saturated carbocycles. The van der Waals surface area contributed by atoms with Gasteiger partial charge in [-0.05, 0) is 69.6 Å². The molecule has 0 spiro atoms. The molecule has 16 nitrogen and oxygen atoms in total. The zero-order valence-corrected chi connectivity index (χ0v) is 30.7. The van der Waals surface area contributed by atoms with Crippen molar-refractivity contribution in [3.05, 3.63) is 42.0 Å². The molecular formula is C36H53N7O9. The van der Waals surface area contributed by atoms with Crippen LogP contribution in [0.4, 0.5) is 10.5 Å². The Morgan fingerprint density at radius 1 is 0.827 bits per heavy atom. The number of hydrogen-bond donors (Lipinski definition) is 6. The van der Waals surface area contributed by atoms with Crippen molar-refractivity contribution < 1.29 is 43.1 Å². The first-order valence-electron chi connectivity index (χ1n) is 17.5. The lowest BCUT2D eigenvalue weighted by molar-refractivity contribution is -0.155. The van der Waals surface area contributed by atoms with Gasteiger partial charge in [-0.1, -0.05) is 39.3 Å². The molecule has 0 aliphatic carbocycles. The molecule has 2 atom stereocenters. The van der Waals surface area contributed by atoms with Gasteiger partial charge in [0.1, 0.15) is 25.2 Å². The molecule has 52 heavy (non-hydrogen) atoms. The van der Waals surface area contributed by atoms with E-state index in [2.05, 4.69) is 26.6 Å². The number of ether oxygens (including phenoxy) is 1. The second-order valence-corrected chi connectivity index (χ2v) is 13.5. The molecule has 286 valence electrons. The third kappa shape index (κ3) is 14.9. The third-order valence-electron chi connectivity index (χ3n) is 8.50. The van der Waals surface area contributed by atoms with Crippen LogP contribution in [0.15, 0.2) is 36.4 Å². The largest absolute Gasteiger partial charge is 0.460 e. The topological polar surface area (TPSA) is 235 Å². The van der Waals surface area contributed by atoms with Crippen molar-refractivity contribution in [1.82, 2.24) is 26.2 Å². The molecule has 2 rings (SSSR count). The average Bonchev–Trinajstić information content (AvgIpc) is 3.41. The molecule has 0 fully saturated rings. The van der Waals surface area contributed by atoms with Crippen LogP contribution in [0, 0.1) is 11.3 Å². The first-order valence-corrected chi connectivity index (χ1v) is 17.5. The number of nitrogens with zero attached hydrogens (tertiary/aromatic N) is 1. The summed E-state index contributed by atoms with van der Waals surface area (Å²) in [7, 11) is 0. The monoisotopic (exact) mass is 727 g/mol. The van der Waals surface area contributed by atoms with Gasteiger partial charge in [-0.15, -0.1) is 0 Å². The number of amides is 8. The fourth-order valence-corrected chi connectivity index (χ4v) is 4.83. The lowest BCUT2D eigenvalue weighted by Gasteiger charge is -2.25. The van der Waals surface area contributed by atoms with E-state index in [4.69, 9.17) is 10.5 Å². The summed E-state index contributed by atoms with van der Waals surface area (Å²) >= 11 is 0. The highest BCUT2D eigenvalue weighted by Crippen LogP contribution is 2.22. The Balaban J connectivity index is 1.89. The summed E-state index contributed by atoms with van der Waals surface area (Å²) in [5, 5.41) is 13.4. The minimum atomic E-state index is -1.01. The van der Waals surface area contributed by atoms with Crippen molar-refractivity contribution >= 4 is 53.1 Å². The highest BCUT2D eigenvalue weighted by Gasteiger charge is 2.30. The van der Waals surface area contributed by atoms with Gasteiger partial charge in [0.15, 0.2) is 0 Å². The maximum atomic E-state index is 13.4. The van der Waals surface area contributed by atoms with Crippen molar-refractivity contribution in [3.8, 4) is 0 Å². The number of imide groups is 1. The summed E-state index contributed by atoms with van der Waals surface area (Å²) in [4.78, 5) is 99.0. The Hall–Kier alpha value is -5.28. The smallest absolute Gasteiger partial charge is 0.312 e. The Kier molecular flexibility index (Phi) is 17.5. The van der Waals surface area contributed by atoms with Crippen LogP contribution in [0.1, 0.15) is 85.1 Å². The molecule has 0 saturated heterocycles. The highest BCUT2D eigenvalue weighted by molar-refractivity contribution is 6.14. The maximum absolute atomic E-state index is 13.4. The van der Waals surface area contributed by atoms with Crippen LogP contribution in [-0.4, -0.2) is 84.1 Å². The van der Waals surface area contributed by atoms with Gasteiger partial charge in [0.05, 0.1) is 5.41 Å². The molecule has 1 aromatic rings. The molecule has 0 radical (unpaired) electrons. The van der Waals surface area contributed by atoms with Gasteiger partial charge in [-0.25, -0.2) is 4.79 Å². The number of nitrogens with one attached hydrogen (secondary N) is 5. The first-order chi connectivity index (χ1) is 24.5. The van der Waals surface area contributed by atoms with Gasteiger partial charge >= 0.3 is 12.0 Å². The molecule has 1 aliphatic heterocycles. The van der Waals surface area contributed by atoms with Crippen molar-refractivity contribution in [2.24, 2.45) is 17.1 Å².